The molecule has 2 heterocycles. The van der Waals surface area contributed by atoms with Crippen molar-refractivity contribution in [3.05, 3.63) is 18.0 Å². The molecule has 0 aromatic carbocycles. The zero-order chi connectivity index (χ0) is 12.3. The molecule has 0 bridgehead atoms. The summed E-state index contributed by atoms with van der Waals surface area (Å²) >= 11 is 0. The maximum Gasteiger partial charge on any atom is 0.152 e. The molecule has 2 rings (SSSR count). The van der Waals surface area contributed by atoms with E-state index in [4.69, 9.17) is 0 Å². The molecule has 0 amide bonds. The molecule has 0 radical (unpaired) electrons. The predicted molar refractivity (Wildman–Crippen MR) is 66.5 cm³/mol. The van der Waals surface area contributed by atoms with E-state index in [1.807, 2.05) is 12.4 Å². The molecule has 1 saturated heterocycles. The van der Waals surface area contributed by atoms with E-state index in [1.54, 1.807) is 4.68 Å². The Morgan fingerprint density at radius 1 is 1.59 bits per heavy atom. The quantitative estimate of drug-likeness (QED) is 0.790. The van der Waals surface area contributed by atoms with Crippen LogP contribution in [0.4, 0.5) is 0 Å². The number of sulfone groups is 1. The summed E-state index contributed by atoms with van der Waals surface area (Å²) in [6.07, 6.45) is 5.56. The summed E-state index contributed by atoms with van der Waals surface area (Å²) in [5.74, 6) is 0.525. The van der Waals surface area contributed by atoms with Crippen LogP contribution in [0.15, 0.2) is 12.4 Å². The minimum Gasteiger partial charge on any atom is -0.313 e. The Balaban J connectivity index is 1.94. The molecule has 6 heteroatoms. The summed E-state index contributed by atoms with van der Waals surface area (Å²) in [6.45, 7) is 3.91. The summed E-state index contributed by atoms with van der Waals surface area (Å²) < 4.78 is 24.6. The molecular weight excluding hydrogens is 238 g/mol. The average molecular weight is 257 g/mol. The highest BCUT2D eigenvalue weighted by Gasteiger charge is 2.29. The van der Waals surface area contributed by atoms with Gasteiger partial charge in [0.1, 0.15) is 0 Å². The predicted octanol–water partition coefficient (Wildman–Crippen LogP) is 0.742. The minimum absolute atomic E-state index is 0.0277. The zero-order valence-corrected chi connectivity index (χ0v) is 10.9. The monoisotopic (exact) mass is 257 g/mol. The van der Waals surface area contributed by atoms with Gasteiger partial charge in [-0.15, -0.1) is 0 Å². The Kier molecular flexibility index (Phi) is 3.83. The molecule has 0 aliphatic carbocycles. The van der Waals surface area contributed by atoms with Gasteiger partial charge in [0.25, 0.3) is 0 Å². The normalized spacial score (nSPS) is 23.0. The second-order valence-electron chi connectivity index (χ2n) is 4.56. The third kappa shape index (κ3) is 3.29. The lowest BCUT2D eigenvalue weighted by molar-refractivity contribution is 0.499. The van der Waals surface area contributed by atoms with E-state index in [2.05, 4.69) is 17.3 Å². The standard InChI is InChI=1S/C11H19N3O2S/c1-2-4-12-6-10-7-13-14(8-10)11-3-5-17(15,16)9-11/h7-8,11-12H,2-6,9H2,1H3. The summed E-state index contributed by atoms with van der Waals surface area (Å²) in [4.78, 5) is 0. The highest BCUT2D eigenvalue weighted by atomic mass is 32.2. The van der Waals surface area contributed by atoms with Gasteiger partial charge in [-0.2, -0.15) is 5.10 Å². The summed E-state index contributed by atoms with van der Waals surface area (Å²) in [5.41, 5.74) is 1.11. The second-order valence-corrected chi connectivity index (χ2v) is 6.79. The third-order valence-corrected chi connectivity index (χ3v) is 4.74. The molecular formula is C11H19N3O2S. The van der Waals surface area contributed by atoms with Gasteiger partial charge in [0.2, 0.25) is 0 Å². The van der Waals surface area contributed by atoms with Gasteiger partial charge in [-0.25, -0.2) is 8.42 Å². The van der Waals surface area contributed by atoms with Gasteiger partial charge in [0.05, 0.1) is 23.7 Å². The van der Waals surface area contributed by atoms with E-state index in [1.165, 1.54) is 0 Å². The van der Waals surface area contributed by atoms with Gasteiger partial charge in [0, 0.05) is 18.3 Å². The van der Waals surface area contributed by atoms with Gasteiger partial charge >= 0.3 is 0 Å². The molecule has 17 heavy (non-hydrogen) atoms. The maximum atomic E-state index is 11.4. The smallest absolute Gasteiger partial charge is 0.152 e. The highest BCUT2D eigenvalue weighted by molar-refractivity contribution is 7.91. The fourth-order valence-corrected chi connectivity index (χ4v) is 3.77. The Morgan fingerprint density at radius 2 is 2.41 bits per heavy atom. The summed E-state index contributed by atoms with van der Waals surface area (Å²) in [5, 5.41) is 7.55. The Labute approximate surface area is 102 Å². The van der Waals surface area contributed by atoms with E-state index in [9.17, 15) is 8.42 Å². The lowest BCUT2D eigenvalue weighted by Crippen LogP contribution is -2.14. The van der Waals surface area contributed by atoms with Crippen LogP contribution < -0.4 is 5.32 Å². The van der Waals surface area contributed by atoms with E-state index >= 15 is 0 Å². The number of aromatic nitrogens is 2. The van der Waals surface area contributed by atoms with Crippen LogP contribution in [0.25, 0.3) is 0 Å². The zero-order valence-electron chi connectivity index (χ0n) is 10.1. The lowest BCUT2D eigenvalue weighted by atomic mass is 10.3. The first-order chi connectivity index (χ1) is 8.11. The first kappa shape index (κ1) is 12.6. The topological polar surface area (TPSA) is 64.0 Å². The van der Waals surface area contributed by atoms with Crippen molar-refractivity contribution in [2.24, 2.45) is 0 Å². The largest absolute Gasteiger partial charge is 0.313 e. The molecule has 1 aliphatic heterocycles. The van der Waals surface area contributed by atoms with E-state index in [-0.39, 0.29) is 11.8 Å². The van der Waals surface area contributed by atoms with Gasteiger partial charge in [-0.3, -0.25) is 4.68 Å². The van der Waals surface area contributed by atoms with Gasteiger partial charge < -0.3 is 5.32 Å². The molecule has 1 aromatic heterocycles. The first-order valence-electron chi connectivity index (χ1n) is 6.05. The molecule has 0 saturated carbocycles. The number of nitrogens with one attached hydrogen (secondary N) is 1. The van der Waals surface area contributed by atoms with E-state index in [0.717, 1.165) is 25.1 Å². The maximum absolute atomic E-state index is 11.4. The van der Waals surface area contributed by atoms with E-state index < -0.39 is 9.84 Å². The Morgan fingerprint density at radius 3 is 3.06 bits per heavy atom. The number of hydrogen-bond donors (Lipinski definition) is 1. The van der Waals surface area contributed by atoms with Crippen LogP contribution in [0.5, 0.6) is 0 Å². The van der Waals surface area contributed by atoms with Crippen LogP contribution in [-0.4, -0.2) is 36.2 Å². The molecule has 96 valence electrons. The molecule has 1 unspecified atom stereocenters. The number of hydrogen-bond acceptors (Lipinski definition) is 4. The lowest BCUT2D eigenvalue weighted by Gasteiger charge is -2.07. The average Bonchev–Trinajstić information content (AvgIpc) is 2.85. The van der Waals surface area contributed by atoms with Crippen LogP contribution in [-0.2, 0) is 16.4 Å². The molecule has 0 spiro atoms. The van der Waals surface area contributed by atoms with Crippen molar-refractivity contribution in [2.75, 3.05) is 18.1 Å². The first-order valence-corrected chi connectivity index (χ1v) is 7.87. The van der Waals surface area contributed by atoms with Crippen molar-refractivity contribution in [1.82, 2.24) is 15.1 Å². The Hall–Kier alpha value is -0.880. The highest BCUT2D eigenvalue weighted by Crippen LogP contribution is 2.22. The van der Waals surface area contributed by atoms with Crippen LogP contribution >= 0.6 is 0 Å². The molecule has 1 N–H and O–H groups in total. The van der Waals surface area contributed by atoms with Crippen LogP contribution in [0.2, 0.25) is 0 Å². The van der Waals surface area contributed by atoms with Crippen LogP contribution in [0.3, 0.4) is 0 Å². The number of rotatable bonds is 5. The fourth-order valence-electron chi connectivity index (χ4n) is 2.06. The molecule has 5 nitrogen and oxygen atoms in total. The van der Waals surface area contributed by atoms with Gasteiger partial charge in [-0.1, -0.05) is 6.92 Å². The molecule has 1 fully saturated rings. The van der Waals surface area contributed by atoms with Crippen molar-refractivity contribution >= 4 is 9.84 Å². The second kappa shape index (κ2) is 5.18. The van der Waals surface area contributed by atoms with Crippen LogP contribution in [0.1, 0.15) is 31.4 Å². The number of nitrogens with zero attached hydrogens (tertiary/aromatic N) is 2. The molecule has 1 aromatic rings. The van der Waals surface area contributed by atoms with Crippen molar-refractivity contribution in [1.29, 1.82) is 0 Å². The van der Waals surface area contributed by atoms with Crippen LogP contribution in [0, 0.1) is 0 Å². The van der Waals surface area contributed by atoms with Crippen molar-refractivity contribution < 1.29 is 8.42 Å². The van der Waals surface area contributed by atoms with Crippen molar-refractivity contribution in [2.45, 2.75) is 32.4 Å². The fraction of sp³-hybridized carbons (Fsp3) is 0.727. The van der Waals surface area contributed by atoms with Crippen molar-refractivity contribution in [3.63, 3.8) is 0 Å². The van der Waals surface area contributed by atoms with Gasteiger partial charge in [0.15, 0.2) is 9.84 Å². The minimum atomic E-state index is -2.83. The van der Waals surface area contributed by atoms with Crippen molar-refractivity contribution in [3.8, 4) is 0 Å². The molecule has 1 atom stereocenters. The summed E-state index contributed by atoms with van der Waals surface area (Å²) in [7, 11) is -2.83. The molecule has 1 aliphatic rings. The van der Waals surface area contributed by atoms with Gasteiger partial charge in [-0.05, 0) is 19.4 Å². The third-order valence-electron chi connectivity index (χ3n) is 2.99. The SMILES string of the molecule is CCCNCc1cnn(C2CCS(=O)(=O)C2)c1. The van der Waals surface area contributed by atoms with E-state index in [0.29, 0.717) is 12.2 Å². The Bertz CT molecular complexity index is 467. The summed E-state index contributed by atoms with van der Waals surface area (Å²) in [6, 6.07) is 0.0277.